The number of fused-ring (bicyclic) bond motifs is 2. The van der Waals surface area contributed by atoms with Crippen LogP contribution in [0.4, 0.5) is 10.1 Å². The van der Waals surface area contributed by atoms with Gasteiger partial charge in [0, 0.05) is 28.8 Å². The molecule has 0 aliphatic carbocycles. The first kappa shape index (κ1) is 26.0. The van der Waals surface area contributed by atoms with Crippen molar-refractivity contribution in [3.63, 3.8) is 0 Å². The van der Waals surface area contributed by atoms with E-state index >= 15 is 0 Å². The fourth-order valence-corrected chi connectivity index (χ4v) is 4.71. The standard InChI is InChI=1S/C28H26FN3O7/c1-36-23-6-3-16(9-24(23)37-2)7-8-30-27(33)17-4-5-21-22(12-17)32(28(34)25(21)31-35)13-18-10-20(29)11-19-14-38-15-39-26(18)19/h3-6,9-12,35H,7-8,13-15H2,1-2H3,(H,30,33)/b31-25-. The molecule has 0 bridgehead atoms. The lowest BCUT2D eigenvalue weighted by atomic mass is 10.1. The second kappa shape index (κ2) is 11.0. The normalized spacial score (nSPS) is 15.0. The average Bonchev–Trinajstić information content (AvgIpc) is 3.22. The van der Waals surface area contributed by atoms with Gasteiger partial charge < -0.3 is 34.4 Å². The Labute approximate surface area is 223 Å². The molecule has 10 nitrogen and oxygen atoms in total. The quantitative estimate of drug-likeness (QED) is 0.335. The van der Waals surface area contributed by atoms with Gasteiger partial charge in [-0.3, -0.25) is 9.59 Å². The van der Waals surface area contributed by atoms with Gasteiger partial charge >= 0.3 is 0 Å². The Morgan fingerprint density at radius 2 is 1.95 bits per heavy atom. The molecule has 202 valence electrons. The van der Waals surface area contributed by atoms with E-state index in [9.17, 15) is 19.2 Å². The summed E-state index contributed by atoms with van der Waals surface area (Å²) in [5.41, 5.74) is 2.78. The van der Waals surface area contributed by atoms with Crippen LogP contribution in [0.1, 0.15) is 32.6 Å². The van der Waals surface area contributed by atoms with E-state index in [4.69, 9.17) is 18.9 Å². The van der Waals surface area contributed by atoms with E-state index in [1.54, 1.807) is 38.5 Å². The van der Waals surface area contributed by atoms with Gasteiger partial charge in [-0.05, 0) is 54.4 Å². The van der Waals surface area contributed by atoms with Crippen molar-refractivity contribution in [1.29, 1.82) is 0 Å². The number of benzene rings is 3. The van der Waals surface area contributed by atoms with Crippen LogP contribution in [0.2, 0.25) is 0 Å². The Morgan fingerprint density at radius 1 is 1.13 bits per heavy atom. The van der Waals surface area contributed by atoms with Crippen molar-refractivity contribution in [2.24, 2.45) is 5.16 Å². The number of nitrogens with zero attached hydrogens (tertiary/aromatic N) is 2. The highest BCUT2D eigenvalue weighted by Gasteiger charge is 2.36. The van der Waals surface area contributed by atoms with Crippen molar-refractivity contribution in [3.8, 4) is 17.2 Å². The number of nitrogens with one attached hydrogen (secondary N) is 1. The molecule has 0 unspecified atom stereocenters. The van der Waals surface area contributed by atoms with Gasteiger partial charge in [-0.15, -0.1) is 0 Å². The van der Waals surface area contributed by atoms with Crippen LogP contribution in [-0.4, -0.2) is 50.3 Å². The molecule has 0 atom stereocenters. The smallest absolute Gasteiger partial charge is 0.281 e. The van der Waals surface area contributed by atoms with E-state index in [1.165, 1.54) is 17.0 Å². The summed E-state index contributed by atoms with van der Waals surface area (Å²) < 4.78 is 35.7. The molecule has 0 fully saturated rings. The van der Waals surface area contributed by atoms with Crippen molar-refractivity contribution in [3.05, 3.63) is 82.2 Å². The zero-order valence-electron chi connectivity index (χ0n) is 21.3. The third-order valence-corrected chi connectivity index (χ3v) is 6.58. The highest BCUT2D eigenvalue weighted by molar-refractivity contribution is 6.54. The minimum absolute atomic E-state index is 0.00708. The van der Waals surface area contributed by atoms with Crippen LogP contribution in [0.25, 0.3) is 0 Å². The summed E-state index contributed by atoms with van der Waals surface area (Å²) in [6.45, 7) is 0.482. The Balaban J connectivity index is 1.35. The van der Waals surface area contributed by atoms with E-state index in [0.717, 1.165) is 5.56 Å². The maximum absolute atomic E-state index is 14.3. The molecule has 0 saturated heterocycles. The van der Waals surface area contributed by atoms with Crippen molar-refractivity contribution in [2.45, 2.75) is 19.6 Å². The summed E-state index contributed by atoms with van der Waals surface area (Å²) in [5, 5.41) is 15.6. The Kier molecular flexibility index (Phi) is 7.33. The van der Waals surface area contributed by atoms with E-state index in [2.05, 4.69) is 10.5 Å². The molecule has 3 aromatic carbocycles. The number of hydrogen-bond donors (Lipinski definition) is 2. The molecule has 0 radical (unpaired) electrons. The largest absolute Gasteiger partial charge is 0.493 e. The number of carbonyl (C=O) groups is 2. The number of methoxy groups -OCH3 is 2. The van der Waals surface area contributed by atoms with Gasteiger partial charge in [-0.25, -0.2) is 4.39 Å². The van der Waals surface area contributed by atoms with Crippen molar-refractivity contribution < 1.29 is 38.1 Å². The number of oxime groups is 1. The molecule has 5 rings (SSSR count). The number of hydrogen-bond acceptors (Lipinski definition) is 8. The fourth-order valence-electron chi connectivity index (χ4n) is 4.71. The van der Waals surface area contributed by atoms with Gasteiger partial charge in [0.1, 0.15) is 11.6 Å². The van der Waals surface area contributed by atoms with Gasteiger partial charge in [-0.2, -0.15) is 0 Å². The monoisotopic (exact) mass is 535 g/mol. The molecule has 11 heteroatoms. The maximum Gasteiger partial charge on any atom is 0.281 e. The Morgan fingerprint density at radius 3 is 2.72 bits per heavy atom. The Bertz CT molecular complexity index is 1470. The van der Waals surface area contributed by atoms with Gasteiger partial charge in [0.15, 0.2) is 24.0 Å². The third kappa shape index (κ3) is 5.08. The van der Waals surface area contributed by atoms with E-state index in [0.29, 0.717) is 58.2 Å². The van der Waals surface area contributed by atoms with Crippen LogP contribution in [-0.2, 0) is 29.1 Å². The predicted molar refractivity (Wildman–Crippen MR) is 138 cm³/mol. The summed E-state index contributed by atoms with van der Waals surface area (Å²) in [6, 6.07) is 12.8. The summed E-state index contributed by atoms with van der Waals surface area (Å²) in [5.74, 6) is 0.238. The minimum atomic E-state index is -0.580. The van der Waals surface area contributed by atoms with E-state index in [1.807, 2.05) is 12.1 Å². The van der Waals surface area contributed by atoms with Crippen LogP contribution in [0.15, 0.2) is 53.7 Å². The summed E-state index contributed by atoms with van der Waals surface area (Å²) in [4.78, 5) is 27.4. The first-order chi connectivity index (χ1) is 18.9. The van der Waals surface area contributed by atoms with Crippen molar-refractivity contribution in [2.75, 3.05) is 32.5 Å². The second-order valence-corrected chi connectivity index (χ2v) is 8.93. The number of carbonyl (C=O) groups excluding carboxylic acids is 2. The van der Waals surface area contributed by atoms with Gasteiger partial charge in [0.25, 0.3) is 11.8 Å². The molecule has 2 heterocycles. The third-order valence-electron chi connectivity index (χ3n) is 6.58. The van der Waals surface area contributed by atoms with Gasteiger partial charge in [-0.1, -0.05) is 11.2 Å². The molecule has 2 N–H and O–H groups in total. The lowest BCUT2D eigenvalue weighted by Crippen LogP contribution is -2.30. The first-order valence-corrected chi connectivity index (χ1v) is 12.1. The van der Waals surface area contributed by atoms with Crippen molar-refractivity contribution in [1.82, 2.24) is 5.32 Å². The van der Waals surface area contributed by atoms with Crippen LogP contribution in [0.3, 0.4) is 0 Å². The molecule has 2 aliphatic rings. The van der Waals surface area contributed by atoms with Gasteiger partial charge in [0.2, 0.25) is 0 Å². The van der Waals surface area contributed by atoms with Crippen LogP contribution >= 0.6 is 0 Å². The zero-order valence-corrected chi connectivity index (χ0v) is 21.3. The topological polar surface area (TPSA) is 119 Å². The van der Waals surface area contributed by atoms with Crippen LogP contribution in [0, 0.1) is 5.82 Å². The minimum Gasteiger partial charge on any atom is -0.493 e. The number of rotatable bonds is 8. The van der Waals surface area contributed by atoms with E-state index in [-0.39, 0.29) is 31.6 Å². The summed E-state index contributed by atoms with van der Waals surface area (Å²) in [6.07, 6.45) is 0.553. The van der Waals surface area contributed by atoms with Crippen molar-refractivity contribution >= 4 is 23.2 Å². The predicted octanol–water partition coefficient (Wildman–Crippen LogP) is 3.41. The SMILES string of the molecule is COc1ccc(CCNC(=O)c2ccc3c(c2)N(Cc2cc(F)cc4c2OCOC4)C(=O)/C3=N\O)cc1OC. The molecule has 0 saturated carbocycles. The number of amides is 2. The van der Waals surface area contributed by atoms with Gasteiger partial charge in [0.05, 0.1) is 33.1 Å². The van der Waals surface area contributed by atoms with Crippen LogP contribution < -0.4 is 24.4 Å². The average molecular weight is 536 g/mol. The molecule has 0 aromatic heterocycles. The Hall–Kier alpha value is -4.64. The second-order valence-electron chi connectivity index (χ2n) is 8.93. The lowest BCUT2D eigenvalue weighted by molar-refractivity contribution is -0.112. The highest BCUT2D eigenvalue weighted by Crippen LogP contribution is 2.36. The van der Waals surface area contributed by atoms with Crippen LogP contribution in [0.5, 0.6) is 17.2 Å². The highest BCUT2D eigenvalue weighted by atomic mass is 19.1. The molecule has 39 heavy (non-hydrogen) atoms. The maximum atomic E-state index is 14.3. The fraction of sp³-hybridized carbons (Fsp3) is 0.250. The summed E-state index contributed by atoms with van der Waals surface area (Å²) in [7, 11) is 3.12. The van der Waals surface area contributed by atoms with E-state index < -0.39 is 11.7 Å². The molecule has 3 aromatic rings. The molecule has 2 amide bonds. The number of ether oxygens (including phenoxy) is 4. The summed E-state index contributed by atoms with van der Waals surface area (Å²) >= 11 is 0. The zero-order chi connectivity index (χ0) is 27.5. The first-order valence-electron chi connectivity index (χ1n) is 12.1. The molecule has 2 aliphatic heterocycles. The number of anilines is 1. The molecule has 0 spiro atoms. The molecular formula is C28H26FN3O7. The number of halogens is 1. The lowest BCUT2D eigenvalue weighted by Gasteiger charge is -2.24. The molecular weight excluding hydrogens is 509 g/mol.